The van der Waals surface area contributed by atoms with Crippen LogP contribution in [-0.2, 0) is 14.1 Å². The van der Waals surface area contributed by atoms with Gasteiger partial charge in [-0.05, 0) is 33.2 Å². The number of hydrogen-bond donors (Lipinski definition) is 2. The molecule has 2 aromatic rings. The van der Waals surface area contributed by atoms with Crippen molar-refractivity contribution in [2.24, 2.45) is 0 Å². The fourth-order valence-electron chi connectivity index (χ4n) is 2.68. The van der Waals surface area contributed by atoms with Crippen molar-refractivity contribution < 1.29 is 14.1 Å². The fourth-order valence-corrected chi connectivity index (χ4v) is 3.27. The molecule has 0 bridgehead atoms. The summed E-state index contributed by atoms with van der Waals surface area (Å²) in [6, 6.07) is 0. The maximum Gasteiger partial charge on any atom is 0.491 e. The third kappa shape index (κ3) is 3.51. The number of nitrogens with zero attached hydrogens (tertiary/aromatic N) is 2. The molecule has 1 fully saturated rings. The van der Waals surface area contributed by atoms with E-state index >= 15 is 0 Å². The van der Waals surface area contributed by atoms with E-state index in [1.165, 1.54) is 18.1 Å². The van der Waals surface area contributed by atoms with Crippen LogP contribution in [0.3, 0.4) is 0 Å². The summed E-state index contributed by atoms with van der Waals surface area (Å²) < 4.78 is 12.3. The van der Waals surface area contributed by atoms with Gasteiger partial charge in [-0.3, -0.25) is 4.79 Å². The molecule has 0 radical (unpaired) electrons. The van der Waals surface area contributed by atoms with Crippen molar-refractivity contribution in [3.63, 3.8) is 0 Å². The van der Waals surface area contributed by atoms with Crippen LogP contribution < -0.4 is 5.73 Å². The van der Waals surface area contributed by atoms with E-state index in [1.54, 1.807) is 6.92 Å². The summed E-state index contributed by atoms with van der Waals surface area (Å²) in [6.07, 6.45) is 5.18. The molecule has 3 heterocycles. The van der Waals surface area contributed by atoms with Crippen LogP contribution in [0.25, 0.3) is 17.1 Å². The normalized spacial score (nSPS) is 19.3. The molecule has 3 rings (SSSR count). The van der Waals surface area contributed by atoms with Crippen molar-refractivity contribution in [1.82, 2.24) is 15.0 Å². The van der Waals surface area contributed by atoms with Crippen LogP contribution in [0.15, 0.2) is 18.0 Å². The first-order chi connectivity index (χ1) is 12.1. The number of nitrogen functional groups attached to an aromatic ring is 1. The molecule has 26 heavy (non-hydrogen) atoms. The summed E-state index contributed by atoms with van der Waals surface area (Å²) in [5.74, 6) is 0.863. The number of H-pyrrole nitrogens is 1. The number of anilines is 1. The molecule has 1 aliphatic heterocycles. The Morgan fingerprint density at radius 2 is 1.96 bits per heavy atom. The zero-order valence-corrected chi connectivity index (χ0v) is 16.4. The first kappa shape index (κ1) is 18.9. The fraction of sp³-hybridized carbons (Fsp3) is 0.471. The van der Waals surface area contributed by atoms with E-state index in [0.29, 0.717) is 17.2 Å². The number of nitrogens with one attached hydrogen (secondary N) is 1. The summed E-state index contributed by atoms with van der Waals surface area (Å²) in [7, 11) is -0.539. The summed E-state index contributed by atoms with van der Waals surface area (Å²) in [5.41, 5.74) is 7.46. The van der Waals surface area contributed by atoms with Gasteiger partial charge in [0.2, 0.25) is 0 Å². The second kappa shape index (κ2) is 6.72. The van der Waals surface area contributed by atoms with Gasteiger partial charge in [-0.15, -0.1) is 0 Å². The molecule has 2 aromatic heterocycles. The van der Waals surface area contributed by atoms with Crippen LogP contribution in [0.1, 0.15) is 40.2 Å². The quantitative estimate of drug-likeness (QED) is 0.793. The lowest BCUT2D eigenvalue weighted by Crippen LogP contribution is -2.41. The number of nitrogens with two attached hydrogens (primary N) is 1. The lowest BCUT2D eigenvalue weighted by Gasteiger charge is -2.32. The minimum Gasteiger partial charge on any atom is -0.400 e. The summed E-state index contributed by atoms with van der Waals surface area (Å²) in [4.78, 5) is 22.8. The Kier molecular flexibility index (Phi) is 4.89. The first-order valence-electron chi connectivity index (χ1n) is 8.38. The Balaban J connectivity index is 2.01. The number of aromatic nitrogens is 3. The van der Waals surface area contributed by atoms with Gasteiger partial charge < -0.3 is 20.0 Å². The van der Waals surface area contributed by atoms with Crippen molar-refractivity contribution in [1.29, 1.82) is 0 Å². The van der Waals surface area contributed by atoms with Gasteiger partial charge in [-0.2, -0.15) is 0 Å². The molecule has 0 aliphatic carbocycles. The highest BCUT2D eigenvalue weighted by Crippen LogP contribution is 2.39. The summed E-state index contributed by atoms with van der Waals surface area (Å²) in [5, 5.41) is 0.781. The van der Waals surface area contributed by atoms with E-state index in [9.17, 15) is 4.79 Å². The minimum atomic E-state index is -0.539. The van der Waals surface area contributed by atoms with Gasteiger partial charge in [-0.1, -0.05) is 17.8 Å². The molecule has 0 saturated carbocycles. The molecule has 1 aliphatic rings. The van der Waals surface area contributed by atoms with E-state index < -0.39 is 18.3 Å². The molecular formula is C17H23BN4O3S. The van der Waals surface area contributed by atoms with E-state index in [0.717, 1.165) is 16.4 Å². The standard InChI is InChI=1S/C17H23BN4O3S/c1-10(23)26-8-12(18-24-16(2,3)17(4,5)25-18)6-11-7-20-15-13(11)14(19)21-9-22-15/h6-7,9H,8H2,1-5H3,(H3,19,20,21,22). The number of rotatable bonds is 4. The minimum absolute atomic E-state index is 0.0363. The molecule has 0 unspecified atom stereocenters. The lowest BCUT2D eigenvalue weighted by atomic mass is 9.78. The third-order valence-electron chi connectivity index (χ3n) is 4.87. The Morgan fingerprint density at radius 1 is 1.31 bits per heavy atom. The van der Waals surface area contributed by atoms with Crippen molar-refractivity contribution in [2.75, 3.05) is 11.5 Å². The van der Waals surface area contributed by atoms with Gasteiger partial charge >= 0.3 is 7.12 Å². The highest BCUT2D eigenvalue weighted by atomic mass is 32.2. The SMILES string of the molecule is CC(=O)SCC(=Cc1c[nH]c2ncnc(N)c12)B1OC(C)(C)C(C)(C)O1. The predicted octanol–water partition coefficient (Wildman–Crippen LogP) is 2.83. The van der Waals surface area contributed by atoms with Crippen LogP contribution in [0.5, 0.6) is 0 Å². The largest absolute Gasteiger partial charge is 0.491 e. The second-order valence-corrected chi connectivity index (χ2v) is 8.47. The average molecular weight is 374 g/mol. The maximum absolute atomic E-state index is 11.5. The van der Waals surface area contributed by atoms with Crippen LogP contribution in [0.4, 0.5) is 5.82 Å². The molecule has 0 spiro atoms. The summed E-state index contributed by atoms with van der Waals surface area (Å²) >= 11 is 1.22. The van der Waals surface area contributed by atoms with Gasteiger partial charge in [0.05, 0.1) is 16.6 Å². The molecule has 0 aromatic carbocycles. The number of thioether (sulfide) groups is 1. The smallest absolute Gasteiger partial charge is 0.400 e. The van der Waals surface area contributed by atoms with Crippen molar-refractivity contribution in [2.45, 2.75) is 45.8 Å². The monoisotopic (exact) mass is 374 g/mol. The van der Waals surface area contributed by atoms with E-state index in [-0.39, 0.29) is 5.12 Å². The Hall–Kier alpha value is -1.84. The van der Waals surface area contributed by atoms with Crippen molar-refractivity contribution in [3.05, 3.63) is 23.6 Å². The van der Waals surface area contributed by atoms with E-state index in [1.807, 2.05) is 40.0 Å². The molecule has 3 N–H and O–H groups in total. The van der Waals surface area contributed by atoms with Gasteiger partial charge in [0.15, 0.2) is 5.12 Å². The predicted molar refractivity (Wildman–Crippen MR) is 105 cm³/mol. The highest BCUT2D eigenvalue weighted by Gasteiger charge is 2.52. The number of carbonyl (C=O) groups excluding carboxylic acids is 1. The third-order valence-corrected chi connectivity index (χ3v) is 5.75. The average Bonchev–Trinajstić information content (AvgIpc) is 3.03. The Bertz CT molecular complexity index is 862. The Labute approximate surface area is 157 Å². The molecule has 7 nitrogen and oxygen atoms in total. The van der Waals surface area contributed by atoms with Gasteiger partial charge in [0.25, 0.3) is 0 Å². The van der Waals surface area contributed by atoms with Crippen molar-refractivity contribution in [3.8, 4) is 0 Å². The lowest BCUT2D eigenvalue weighted by molar-refractivity contribution is -0.109. The number of fused-ring (bicyclic) bond motifs is 1. The number of hydrogen-bond acceptors (Lipinski definition) is 7. The Morgan fingerprint density at radius 3 is 2.58 bits per heavy atom. The van der Waals surface area contributed by atoms with Gasteiger partial charge in [-0.25, -0.2) is 9.97 Å². The molecule has 1 saturated heterocycles. The van der Waals surface area contributed by atoms with Crippen LogP contribution in [0.2, 0.25) is 0 Å². The van der Waals surface area contributed by atoms with E-state index in [4.69, 9.17) is 15.0 Å². The molecule has 0 amide bonds. The van der Waals surface area contributed by atoms with Gasteiger partial charge in [0, 0.05) is 24.4 Å². The topological polar surface area (TPSA) is 103 Å². The first-order valence-corrected chi connectivity index (χ1v) is 9.36. The molecular weight excluding hydrogens is 351 g/mol. The summed E-state index contributed by atoms with van der Waals surface area (Å²) in [6.45, 7) is 9.55. The van der Waals surface area contributed by atoms with Crippen LogP contribution in [0, 0.1) is 0 Å². The van der Waals surface area contributed by atoms with Crippen LogP contribution in [-0.4, -0.2) is 44.1 Å². The number of carbonyl (C=O) groups is 1. The highest BCUT2D eigenvalue weighted by molar-refractivity contribution is 8.13. The van der Waals surface area contributed by atoms with Crippen LogP contribution >= 0.6 is 11.8 Å². The van der Waals surface area contributed by atoms with Crippen molar-refractivity contribution >= 4 is 46.9 Å². The maximum atomic E-state index is 11.5. The molecule has 0 atom stereocenters. The zero-order chi connectivity index (χ0) is 19.1. The zero-order valence-electron chi connectivity index (χ0n) is 15.6. The van der Waals surface area contributed by atoms with E-state index in [2.05, 4.69) is 15.0 Å². The number of aromatic amines is 1. The second-order valence-electron chi connectivity index (χ2n) is 7.31. The van der Waals surface area contributed by atoms with Gasteiger partial charge in [0.1, 0.15) is 17.8 Å². The molecule has 9 heteroatoms. The molecule has 138 valence electrons.